The van der Waals surface area contributed by atoms with Gasteiger partial charge in [-0.15, -0.1) is 0 Å². The van der Waals surface area contributed by atoms with Crippen LogP contribution in [0.3, 0.4) is 0 Å². The van der Waals surface area contributed by atoms with Crippen molar-refractivity contribution in [1.29, 1.82) is 0 Å². The van der Waals surface area contributed by atoms with E-state index in [0.717, 1.165) is 0 Å². The van der Waals surface area contributed by atoms with E-state index in [2.05, 4.69) is 0 Å². The molecule has 0 aliphatic carbocycles. The normalized spacial score (nSPS) is 11.5. The Morgan fingerprint density at radius 3 is 2.10 bits per heavy atom. The zero-order chi connectivity index (χ0) is 21.0. The van der Waals surface area contributed by atoms with E-state index in [4.69, 9.17) is 16.3 Å². The lowest BCUT2D eigenvalue weighted by Crippen LogP contribution is -2.13. The van der Waals surface area contributed by atoms with Crippen molar-refractivity contribution < 1.29 is 19.4 Å². The molecule has 3 aromatic rings. The summed E-state index contributed by atoms with van der Waals surface area (Å²) in [6, 6.07) is 17.8. The molecule has 0 saturated carbocycles. The molecule has 0 heterocycles. The minimum absolute atomic E-state index is 0.0349. The summed E-state index contributed by atoms with van der Waals surface area (Å²) < 4.78 is 5.61. The number of halogens is 1. The van der Waals surface area contributed by atoms with Crippen LogP contribution in [-0.2, 0) is 4.74 Å². The minimum atomic E-state index is -0.935. The summed E-state index contributed by atoms with van der Waals surface area (Å²) in [7, 11) is 0. The Kier molecular flexibility index (Phi) is 5.85. The van der Waals surface area contributed by atoms with E-state index in [9.17, 15) is 25.0 Å². The van der Waals surface area contributed by atoms with Gasteiger partial charge in [-0.3, -0.25) is 20.2 Å². The van der Waals surface area contributed by atoms with Gasteiger partial charge in [0.05, 0.1) is 15.4 Å². The van der Waals surface area contributed by atoms with Crippen LogP contribution in [0.5, 0.6) is 0 Å². The number of nitro groups is 2. The van der Waals surface area contributed by atoms with Crippen molar-refractivity contribution in [3.8, 4) is 0 Å². The number of nitro benzene ring substituents is 2. The minimum Gasteiger partial charge on any atom is -0.449 e. The standard InChI is InChI=1S/C20H13ClN2O6/c21-17-11-8-15(12-18(17)23(27)28)19(13-4-2-1-3-5-13)29-20(24)14-6-9-16(10-7-14)22(25)26/h1-12,19H/t19-/m0/s1. The van der Waals surface area contributed by atoms with Crippen molar-refractivity contribution in [2.45, 2.75) is 6.10 Å². The first-order valence-corrected chi connectivity index (χ1v) is 8.69. The van der Waals surface area contributed by atoms with Gasteiger partial charge in [-0.25, -0.2) is 4.79 Å². The Morgan fingerprint density at radius 1 is 0.862 bits per heavy atom. The molecule has 29 heavy (non-hydrogen) atoms. The lowest BCUT2D eigenvalue weighted by Gasteiger charge is -2.19. The fourth-order valence-electron chi connectivity index (χ4n) is 2.68. The van der Waals surface area contributed by atoms with Crippen LogP contribution in [0.15, 0.2) is 72.8 Å². The number of carbonyl (C=O) groups excluding carboxylic acids is 1. The quantitative estimate of drug-likeness (QED) is 0.316. The number of benzene rings is 3. The second kappa shape index (κ2) is 8.49. The molecular weight excluding hydrogens is 400 g/mol. The first-order valence-electron chi connectivity index (χ1n) is 8.31. The fraction of sp³-hybridized carbons (Fsp3) is 0.0500. The first-order chi connectivity index (χ1) is 13.9. The van der Waals surface area contributed by atoms with Crippen LogP contribution in [-0.4, -0.2) is 15.8 Å². The molecule has 0 bridgehead atoms. The van der Waals surface area contributed by atoms with Gasteiger partial charge in [0.15, 0.2) is 6.10 Å². The third-order valence-corrected chi connectivity index (χ3v) is 4.43. The van der Waals surface area contributed by atoms with Crippen molar-refractivity contribution in [2.24, 2.45) is 0 Å². The predicted octanol–water partition coefficient (Wildman–Crippen LogP) is 5.10. The van der Waals surface area contributed by atoms with Gasteiger partial charge in [0.2, 0.25) is 0 Å². The van der Waals surface area contributed by atoms with Crippen LogP contribution in [0.4, 0.5) is 11.4 Å². The molecule has 9 heteroatoms. The third-order valence-electron chi connectivity index (χ3n) is 4.11. The molecule has 0 N–H and O–H groups in total. The van der Waals surface area contributed by atoms with E-state index >= 15 is 0 Å². The third kappa shape index (κ3) is 4.56. The molecule has 3 aromatic carbocycles. The van der Waals surface area contributed by atoms with Gasteiger partial charge in [-0.05, 0) is 23.8 Å². The summed E-state index contributed by atoms with van der Waals surface area (Å²) in [5, 5.41) is 22.0. The van der Waals surface area contributed by atoms with Crippen LogP contribution in [0.1, 0.15) is 27.6 Å². The molecule has 146 valence electrons. The van der Waals surface area contributed by atoms with Crippen LogP contribution in [0.25, 0.3) is 0 Å². The van der Waals surface area contributed by atoms with E-state index in [0.29, 0.717) is 11.1 Å². The maximum absolute atomic E-state index is 12.6. The molecule has 3 rings (SSSR count). The van der Waals surface area contributed by atoms with Gasteiger partial charge >= 0.3 is 5.97 Å². The predicted molar refractivity (Wildman–Crippen MR) is 105 cm³/mol. The summed E-state index contributed by atoms with van der Waals surface area (Å²) in [6.45, 7) is 0. The van der Waals surface area contributed by atoms with E-state index < -0.39 is 21.9 Å². The monoisotopic (exact) mass is 412 g/mol. The lowest BCUT2D eigenvalue weighted by molar-refractivity contribution is -0.385. The molecular formula is C20H13ClN2O6. The molecule has 0 radical (unpaired) electrons. The Morgan fingerprint density at radius 2 is 1.52 bits per heavy atom. The number of nitrogens with zero attached hydrogens (tertiary/aromatic N) is 2. The van der Waals surface area contributed by atoms with Crippen LogP contribution in [0.2, 0.25) is 5.02 Å². The zero-order valence-electron chi connectivity index (χ0n) is 14.7. The van der Waals surface area contributed by atoms with Gasteiger partial charge in [0.25, 0.3) is 11.4 Å². The fourth-order valence-corrected chi connectivity index (χ4v) is 2.87. The summed E-state index contributed by atoms with van der Waals surface area (Å²) >= 11 is 5.88. The average molecular weight is 413 g/mol. The Bertz CT molecular complexity index is 1070. The highest BCUT2D eigenvalue weighted by Crippen LogP contribution is 2.33. The SMILES string of the molecule is O=C(O[C@@H](c1ccccc1)c1ccc(Cl)c([N+](=O)[O-])c1)c1ccc([N+](=O)[O-])cc1. The number of hydrogen-bond acceptors (Lipinski definition) is 6. The van der Waals surface area contributed by atoms with Gasteiger partial charge in [-0.1, -0.05) is 48.0 Å². The summed E-state index contributed by atoms with van der Waals surface area (Å²) in [5.74, 6) is -0.730. The highest BCUT2D eigenvalue weighted by Gasteiger charge is 2.24. The first kappa shape index (κ1) is 20.0. The van der Waals surface area contributed by atoms with E-state index in [-0.39, 0.29) is 22.0 Å². The van der Waals surface area contributed by atoms with Gasteiger partial charge in [0, 0.05) is 23.8 Å². The molecule has 0 spiro atoms. The van der Waals surface area contributed by atoms with Crippen LogP contribution in [0, 0.1) is 20.2 Å². The molecule has 0 amide bonds. The van der Waals surface area contributed by atoms with Crippen molar-refractivity contribution in [3.05, 3.63) is 115 Å². The van der Waals surface area contributed by atoms with Crippen molar-refractivity contribution in [2.75, 3.05) is 0 Å². The Balaban J connectivity index is 1.97. The van der Waals surface area contributed by atoms with Gasteiger partial charge < -0.3 is 4.74 Å². The topological polar surface area (TPSA) is 113 Å². The number of non-ortho nitro benzene ring substituents is 1. The van der Waals surface area contributed by atoms with E-state index in [1.54, 1.807) is 30.3 Å². The summed E-state index contributed by atoms with van der Waals surface area (Å²) in [5.41, 5.74) is 0.605. The van der Waals surface area contributed by atoms with Crippen molar-refractivity contribution in [3.63, 3.8) is 0 Å². The number of esters is 1. The summed E-state index contributed by atoms with van der Waals surface area (Å²) in [4.78, 5) is 33.4. The Labute approximate surface area is 169 Å². The van der Waals surface area contributed by atoms with E-state index in [1.165, 1.54) is 42.5 Å². The second-order valence-corrected chi connectivity index (χ2v) is 6.38. The van der Waals surface area contributed by atoms with Crippen LogP contribution < -0.4 is 0 Å². The molecule has 0 fully saturated rings. The second-order valence-electron chi connectivity index (χ2n) is 5.97. The molecule has 0 aromatic heterocycles. The van der Waals surface area contributed by atoms with Gasteiger partial charge in [0.1, 0.15) is 5.02 Å². The molecule has 0 unspecified atom stereocenters. The van der Waals surface area contributed by atoms with Gasteiger partial charge in [-0.2, -0.15) is 0 Å². The van der Waals surface area contributed by atoms with Crippen molar-refractivity contribution in [1.82, 2.24) is 0 Å². The smallest absolute Gasteiger partial charge is 0.339 e. The molecule has 0 aliphatic heterocycles. The maximum atomic E-state index is 12.6. The Hall–Kier alpha value is -3.78. The molecule has 0 aliphatic rings. The lowest BCUT2D eigenvalue weighted by atomic mass is 10.0. The number of rotatable bonds is 6. The van der Waals surface area contributed by atoms with E-state index in [1.807, 2.05) is 0 Å². The maximum Gasteiger partial charge on any atom is 0.339 e. The summed E-state index contributed by atoms with van der Waals surface area (Å²) in [6.07, 6.45) is -0.935. The average Bonchev–Trinajstić information content (AvgIpc) is 2.73. The molecule has 0 saturated heterocycles. The molecule has 8 nitrogen and oxygen atoms in total. The highest BCUT2D eigenvalue weighted by atomic mass is 35.5. The van der Waals surface area contributed by atoms with Crippen LogP contribution >= 0.6 is 11.6 Å². The highest BCUT2D eigenvalue weighted by molar-refractivity contribution is 6.32. The van der Waals surface area contributed by atoms with Crippen molar-refractivity contribution >= 4 is 28.9 Å². The number of carbonyl (C=O) groups is 1. The number of ether oxygens (including phenoxy) is 1. The zero-order valence-corrected chi connectivity index (χ0v) is 15.5. The molecule has 1 atom stereocenters. The largest absolute Gasteiger partial charge is 0.449 e. The number of hydrogen-bond donors (Lipinski definition) is 0.